The zero-order valence-electron chi connectivity index (χ0n) is 19.9. The molecule has 1 aliphatic heterocycles. The average molecular weight is 504 g/mol. The van der Waals surface area contributed by atoms with Crippen LogP contribution in [0.3, 0.4) is 0 Å². The van der Waals surface area contributed by atoms with Gasteiger partial charge in [0.1, 0.15) is 5.83 Å². The lowest BCUT2D eigenvalue weighted by Crippen LogP contribution is -2.42. The molecule has 192 valence electrons. The average Bonchev–Trinajstić information content (AvgIpc) is 3.35. The summed E-state index contributed by atoms with van der Waals surface area (Å²) in [5.41, 5.74) is 1.53. The number of allylic oxidation sites excluding steroid dienone is 8. The molecule has 1 fully saturated rings. The van der Waals surface area contributed by atoms with Crippen LogP contribution in [0.15, 0.2) is 71.4 Å². The van der Waals surface area contributed by atoms with E-state index in [0.717, 1.165) is 22.9 Å². The molecule has 2 N–H and O–H groups in total. The summed E-state index contributed by atoms with van der Waals surface area (Å²) in [6.07, 6.45) is 11.3. The number of aliphatic hydroxyl groups is 2. The van der Waals surface area contributed by atoms with E-state index < -0.39 is 23.5 Å². The van der Waals surface area contributed by atoms with Crippen LogP contribution in [-0.2, 0) is 6.42 Å². The van der Waals surface area contributed by atoms with Gasteiger partial charge in [-0.25, -0.2) is 4.39 Å². The number of nitrogens with zero attached hydrogens (tertiary/aromatic N) is 3. The van der Waals surface area contributed by atoms with Crippen LogP contribution in [0.5, 0.6) is 0 Å². The molecule has 1 aromatic rings. The fourth-order valence-corrected chi connectivity index (χ4v) is 5.74. The number of likely N-dealkylation sites (N-methyl/N-ethyl adjacent to an activating group) is 1. The second-order valence-electron chi connectivity index (χ2n) is 10.1. The highest BCUT2D eigenvalue weighted by atomic mass is 19.4. The maximum atomic E-state index is 13.5. The maximum Gasteiger partial charge on any atom is 0.414 e. The van der Waals surface area contributed by atoms with Crippen molar-refractivity contribution in [1.82, 2.24) is 14.7 Å². The van der Waals surface area contributed by atoms with E-state index in [4.69, 9.17) is 0 Å². The Morgan fingerprint density at radius 1 is 1.22 bits per heavy atom. The molecule has 0 spiro atoms. The summed E-state index contributed by atoms with van der Waals surface area (Å²) in [5, 5.41) is 27.1. The number of hydrogen-bond donors (Lipinski definition) is 2. The fraction of sp³-hybridized carbons (Fsp3) is 0.444. The summed E-state index contributed by atoms with van der Waals surface area (Å²) in [7, 11) is 1.52. The molecule has 36 heavy (non-hydrogen) atoms. The Hall–Kier alpha value is -2.91. The lowest BCUT2D eigenvalue weighted by atomic mass is 9.77. The van der Waals surface area contributed by atoms with Crippen molar-refractivity contribution >= 4 is 6.08 Å². The molecule has 1 saturated carbocycles. The van der Waals surface area contributed by atoms with Gasteiger partial charge in [-0.05, 0) is 43.1 Å². The predicted octanol–water partition coefficient (Wildman–Crippen LogP) is 4.94. The lowest BCUT2D eigenvalue weighted by molar-refractivity contribution is -0.0959. The van der Waals surface area contributed by atoms with Gasteiger partial charge in [-0.2, -0.15) is 18.3 Å². The van der Waals surface area contributed by atoms with Crippen LogP contribution in [0.25, 0.3) is 6.08 Å². The Bertz CT molecular complexity index is 1220. The number of hydrogen-bond acceptors (Lipinski definition) is 4. The molecule has 0 bridgehead atoms. The molecule has 1 aromatic heterocycles. The largest absolute Gasteiger partial charge is 0.414 e. The van der Waals surface area contributed by atoms with E-state index in [1.54, 1.807) is 18.3 Å². The van der Waals surface area contributed by atoms with Crippen molar-refractivity contribution in [3.63, 3.8) is 0 Å². The van der Waals surface area contributed by atoms with Gasteiger partial charge in [0, 0.05) is 38.0 Å². The van der Waals surface area contributed by atoms with Gasteiger partial charge < -0.3 is 15.1 Å². The van der Waals surface area contributed by atoms with Crippen LogP contribution in [0.4, 0.5) is 17.6 Å². The molecule has 3 unspecified atom stereocenters. The van der Waals surface area contributed by atoms with E-state index in [9.17, 15) is 27.8 Å². The smallest absolute Gasteiger partial charge is 0.389 e. The van der Waals surface area contributed by atoms with E-state index in [1.165, 1.54) is 24.1 Å². The first-order chi connectivity index (χ1) is 17.0. The van der Waals surface area contributed by atoms with Crippen molar-refractivity contribution in [3.8, 4) is 0 Å². The van der Waals surface area contributed by atoms with Crippen LogP contribution >= 0.6 is 0 Å². The molecule has 4 atom stereocenters. The second-order valence-corrected chi connectivity index (χ2v) is 10.1. The summed E-state index contributed by atoms with van der Waals surface area (Å²) < 4.78 is 54.5. The van der Waals surface area contributed by atoms with E-state index in [1.807, 2.05) is 16.8 Å². The van der Waals surface area contributed by atoms with Crippen molar-refractivity contribution in [2.45, 2.75) is 56.0 Å². The minimum Gasteiger partial charge on any atom is -0.389 e. The first kappa shape index (κ1) is 24.8. The van der Waals surface area contributed by atoms with Gasteiger partial charge in [0.05, 0.1) is 35.2 Å². The van der Waals surface area contributed by atoms with Crippen LogP contribution in [-0.4, -0.2) is 56.4 Å². The number of aliphatic hydroxyl groups excluding tert-OH is 1. The SMILES string of the molecule is CN1CC(C(F)(F)F)=CC=C1C(O)C[C@]1(O)CCC2=Cc3c(cnn3C3C=C/C=C(/F)C/C=C\3)CC21. The summed E-state index contributed by atoms with van der Waals surface area (Å²) >= 11 is 0. The molecular formula is C27H29F4N3O2. The Morgan fingerprint density at radius 3 is 2.78 bits per heavy atom. The van der Waals surface area contributed by atoms with Crippen LogP contribution < -0.4 is 0 Å². The van der Waals surface area contributed by atoms with Crippen LogP contribution in [0.2, 0.25) is 0 Å². The van der Waals surface area contributed by atoms with Gasteiger partial charge >= 0.3 is 6.18 Å². The standard InChI is InChI=1S/C27H29F4N3O2/c1-33-16-19(27(29,30)31)8-9-23(33)25(35)14-26(36)11-10-17-13-24-18(12-22(17)26)15-32-34(24)21-6-2-4-20(28)5-3-7-21/h2-4,6-9,13,15,21-22,25,35-36H,5,10-12,14,16H2,1H3/b6-2?,7-3-,20-4+/t21?,22?,25?,26-/m1/s1. The highest BCUT2D eigenvalue weighted by Crippen LogP contribution is 2.49. The van der Waals surface area contributed by atoms with Gasteiger partial charge in [0.2, 0.25) is 0 Å². The third kappa shape index (κ3) is 4.62. The summed E-state index contributed by atoms with van der Waals surface area (Å²) in [4.78, 5) is 1.39. The molecule has 9 heteroatoms. The van der Waals surface area contributed by atoms with E-state index in [-0.39, 0.29) is 37.2 Å². The van der Waals surface area contributed by atoms with Crippen LogP contribution in [0, 0.1) is 5.92 Å². The molecule has 3 aliphatic carbocycles. The normalized spacial score (nSPS) is 31.2. The van der Waals surface area contributed by atoms with E-state index >= 15 is 0 Å². The molecule has 0 saturated heterocycles. The Morgan fingerprint density at radius 2 is 2.03 bits per heavy atom. The second kappa shape index (κ2) is 9.19. The van der Waals surface area contributed by atoms with Gasteiger partial charge in [0.15, 0.2) is 0 Å². The lowest BCUT2D eigenvalue weighted by Gasteiger charge is -2.37. The summed E-state index contributed by atoms with van der Waals surface area (Å²) in [6, 6.07) is -0.156. The Kier molecular flexibility index (Phi) is 6.32. The Balaban J connectivity index is 1.35. The summed E-state index contributed by atoms with van der Waals surface area (Å²) in [6.45, 7) is -0.339. The molecule has 5 nitrogen and oxygen atoms in total. The first-order valence-corrected chi connectivity index (χ1v) is 12.1. The third-order valence-electron chi connectivity index (χ3n) is 7.67. The van der Waals surface area contributed by atoms with Gasteiger partial charge in [-0.15, -0.1) is 0 Å². The van der Waals surface area contributed by atoms with Crippen molar-refractivity contribution in [2.75, 3.05) is 13.6 Å². The van der Waals surface area contributed by atoms with Crippen LogP contribution in [0.1, 0.15) is 43.0 Å². The molecule has 0 aromatic carbocycles. The number of aromatic nitrogens is 2. The molecule has 0 amide bonds. The van der Waals surface area contributed by atoms with Gasteiger partial charge in [-0.1, -0.05) is 36.0 Å². The highest BCUT2D eigenvalue weighted by molar-refractivity contribution is 5.59. The quantitative estimate of drug-likeness (QED) is 0.451. The monoisotopic (exact) mass is 503 g/mol. The zero-order chi connectivity index (χ0) is 25.7. The van der Waals surface area contributed by atoms with E-state index in [0.29, 0.717) is 25.0 Å². The van der Waals surface area contributed by atoms with Crippen molar-refractivity contribution in [1.29, 1.82) is 0 Å². The number of fused-ring (bicyclic) bond motifs is 2. The minimum atomic E-state index is -4.41. The highest BCUT2D eigenvalue weighted by Gasteiger charge is 2.48. The fourth-order valence-electron chi connectivity index (χ4n) is 5.74. The topological polar surface area (TPSA) is 61.5 Å². The molecule has 2 heterocycles. The van der Waals surface area contributed by atoms with Gasteiger partial charge in [0.25, 0.3) is 0 Å². The Labute approximate surface area is 207 Å². The van der Waals surface area contributed by atoms with Crippen molar-refractivity contribution < 1.29 is 27.8 Å². The maximum absolute atomic E-state index is 13.5. The summed E-state index contributed by atoms with van der Waals surface area (Å²) in [5.74, 6) is -0.402. The molecule has 4 aliphatic rings. The first-order valence-electron chi connectivity index (χ1n) is 12.1. The van der Waals surface area contributed by atoms with E-state index in [2.05, 4.69) is 11.2 Å². The van der Waals surface area contributed by atoms with Crippen molar-refractivity contribution in [3.05, 3.63) is 82.7 Å². The minimum absolute atomic E-state index is 0.0375. The zero-order valence-corrected chi connectivity index (χ0v) is 19.9. The number of rotatable bonds is 4. The number of halogens is 4. The molecule has 5 rings (SSSR count). The predicted molar refractivity (Wildman–Crippen MR) is 128 cm³/mol. The van der Waals surface area contributed by atoms with Crippen molar-refractivity contribution in [2.24, 2.45) is 5.92 Å². The number of alkyl halides is 3. The third-order valence-corrected chi connectivity index (χ3v) is 7.67. The molecule has 0 radical (unpaired) electrons. The van der Waals surface area contributed by atoms with Gasteiger partial charge in [-0.3, -0.25) is 4.68 Å². The molecular weight excluding hydrogens is 474 g/mol.